The van der Waals surface area contributed by atoms with Crippen molar-refractivity contribution in [2.24, 2.45) is 0 Å². The van der Waals surface area contributed by atoms with Crippen LogP contribution in [0.1, 0.15) is 19.8 Å². The van der Waals surface area contributed by atoms with Crippen LogP contribution in [0.4, 0.5) is 5.69 Å². The zero-order valence-corrected chi connectivity index (χ0v) is 8.96. The lowest BCUT2D eigenvalue weighted by Crippen LogP contribution is -2.10. The number of anilines is 1. The first-order chi connectivity index (χ1) is 7.69. The lowest BCUT2D eigenvalue weighted by molar-refractivity contribution is -0.116. The molecule has 0 aliphatic heterocycles. The summed E-state index contributed by atoms with van der Waals surface area (Å²) in [6.45, 7) is 1.95. The van der Waals surface area contributed by atoms with E-state index in [2.05, 4.69) is 15.3 Å². The third-order valence-corrected chi connectivity index (χ3v) is 2.28. The van der Waals surface area contributed by atoms with Gasteiger partial charge in [0.25, 0.3) is 0 Å². The molecule has 1 aromatic heterocycles. The van der Waals surface area contributed by atoms with E-state index in [1.807, 2.05) is 6.92 Å². The van der Waals surface area contributed by atoms with Crippen LogP contribution in [0, 0.1) is 0 Å². The molecule has 0 saturated heterocycles. The van der Waals surface area contributed by atoms with E-state index in [1.54, 1.807) is 18.2 Å². The Morgan fingerprint density at radius 3 is 2.81 bits per heavy atom. The van der Waals surface area contributed by atoms with Gasteiger partial charge in [-0.3, -0.25) is 4.79 Å². The molecule has 1 aromatic carbocycles. The molecule has 0 spiro atoms. The summed E-state index contributed by atoms with van der Waals surface area (Å²) in [5.74, 6) is -0.0141. The predicted octanol–water partition coefficient (Wildman–Crippen LogP) is 1.59. The first-order valence-electron chi connectivity index (χ1n) is 5.21. The van der Waals surface area contributed by atoms with Crippen LogP contribution >= 0.6 is 0 Å². The molecule has 2 rings (SSSR count). The number of aromatic amines is 2. The molecule has 3 N–H and O–H groups in total. The van der Waals surface area contributed by atoms with Crippen molar-refractivity contribution in [3.8, 4) is 0 Å². The number of amides is 1. The Morgan fingerprint density at radius 2 is 2.06 bits per heavy atom. The molecule has 1 heterocycles. The van der Waals surface area contributed by atoms with Crippen molar-refractivity contribution in [1.29, 1.82) is 0 Å². The van der Waals surface area contributed by atoms with E-state index in [0.29, 0.717) is 17.6 Å². The molecule has 1 amide bonds. The van der Waals surface area contributed by atoms with Gasteiger partial charge < -0.3 is 15.3 Å². The van der Waals surface area contributed by atoms with Gasteiger partial charge in [-0.05, 0) is 24.6 Å². The molecule has 5 nitrogen and oxygen atoms in total. The second-order valence-electron chi connectivity index (χ2n) is 3.64. The second-order valence-corrected chi connectivity index (χ2v) is 3.64. The lowest BCUT2D eigenvalue weighted by atomic mass is 10.2. The summed E-state index contributed by atoms with van der Waals surface area (Å²) in [6, 6.07) is 5.26. The fourth-order valence-electron chi connectivity index (χ4n) is 1.56. The lowest BCUT2D eigenvalue weighted by Gasteiger charge is -2.03. The minimum atomic E-state index is -0.243. The average molecular weight is 219 g/mol. The van der Waals surface area contributed by atoms with Gasteiger partial charge in [-0.1, -0.05) is 6.92 Å². The van der Waals surface area contributed by atoms with Crippen molar-refractivity contribution in [2.75, 3.05) is 5.32 Å². The minimum Gasteiger partial charge on any atom is -0.326 e. The number of hydrogen-bond donors (Lipinski definition) is 3. The van der Waals surface area contributed by atoms with Crippen molar-refractivity contribution < 1.29 is 4.79 Å². The number of aromatic nitrogens is 2. The third-order valence-electron chi connectivity index (χ3n) is 2.28. The van der Waals surface area contributed by atoms with Gasteiger partial charge in [-0.25, -0.2) is 4.79 Å². The van der Waals surface area contributed by atoms with Gasteiger partial charge in [-0.15, -0.1) is 0 Å². The molecular weight excluding hydrogens is 206 g/mol. The van der Waals surface area contributed by atoms with Crippen molar-refractivity contribution in [2.45, 2.75) is 19.8 Å². The quantitative estimate of drug-likeness (QED) is 0.733. The molecule has 0 fully saturated rings. The Balaban J connectivity index is 2.25. The van der Waals surface area contributed by atoms with Crippen LogP contribution in [-0.2, 0) is 4.79 Å². The van der Waals surface area contributed by atoms with Crippen molar-refractivity contribution in [1.82, 2.24) is 9.97 Å². The summed E-state index contributed by atoms with van der Waals surface area (Å²) in [7, 11) is 0. The van der Waals surface area contributed by atoms with Gasteiger partial charge in [0.05, 0.1) is 11.0 Å². The van der Waals surface area contributed by atoms with E-state index in [4.69, 9.17) is 0 Å². The van der Waals surface area contributed by atoms with Gasteiger partial charge >= 0.3 is 5.69 Å². The number of H-pyrrole nitrogens is 2. The molecule has 2 aromatic rings. The number of fused-ring (bicyclic) bond motifs is 1. The number of rotatable bonds is 3. The van der Waals surface area contributed by atoms with E-state index in [9.17, 15) is 9.59 Å². The molecule has 84 valence electrons. The van der Waals surface area contributed by atoms with Gasteiger partial charge in [-0.2, -0.15) is 0 Å². The summed E-state index contributed by atoms with van der Waals surface area (Å²) < 4.78 is 0. The van der Waals surface area contributed by atoms with Crippen LogP contribution in [0.3, 0.4) is 0 Å². The molecule has 0 saturated carbocycles. The number of carbonyl (C=O) groups is 1. The van der Waals surface area contributed by atoms with E-state index < -0.39 is 0 Å². The summed E-state index contributed by atoms with van der Waals surface area (Å²) in [4.78, 5) is 27.7. The standard InChI is InChI=1S/C11H13N3O2/c1-2-3-10(15)12-7-4-5-8-9(6-7)14-11(16)13-8/h4-6H,2-3H2,1H3,(H,12,15)(H2,13,14,16). The molecular formula is C11H13N3O2. The summed E-state index contributed by atoms with van der Waals surface area (Å²) in [6.07, 6.45) is 1.32. The smallest absolute Gasteiger partial charge is 0.323 e. The third kappa shape index (κ3) is 2.13. The maximum absolute atomic E-state index is 11.4. The van der Waals surface area contributed by atoms with Crippen LogP contribution in [0.25, 0.3) is 11.0 Å². The summed E-state index contributed by atoms with van der Waals surface area (Å²) >= 11 is 0. The van der Waals surface area contributed by atoms with Crippen molar-refractivity contribution in [3.63, 3.8) is 0 Å². The van der Waals surface area contributed by atoms with E-state index in [0.717, 1.165) is 11.9 Å². The highest BCUT2D eigenvalue weighted by molar-refractivity contribution is 5.92. The molecule has 0 bridgehead atoms. The maximum atomic E-state index is 11.4. The van der Waals surface area contributed by atoms with Crippen molar-refractivity contribution >= 4 is 22.6 Å². The molecule has 5 heteroatoms. The summed E-state index contributed by atoms with van der Waals surface area (Å²) in [5, 5.41) is 2.77. The Labute approximate surface area is 91.9 Å². The predicted molar refractivity (Wildman–Crippen MR) is 62.5 cm³/mol. The van der Waals surface area contributed by atoms with E-state index >= 15 is 0 Å². The molecule has 0 aliphatic rings. The zero-order chi connectivity index (χ0) is 11.5. The monoisotopic (exact) mass is 219 g/mol. The van der Waals surface area contributed by atoms with Crippen LogP contribution < -0.4 is 11.0 Å². The fourth-order valence-corrected chi connectivity index (χ4v) is 1.56. The average Bonchev–Trinajstić information content (AvgIpc) is 2.57. The van der Waals surface area contributed by atoms with E-state index in [-0.39, 0.29) is 11.6 Å². The Hall–Kier alpha value is -2.04. The number of carbonyl (C=O) groups excluding carboxylic acids is 1. The zero-order valence-electron chi connectivity index (χ0n) is 8.96. The first-order valence-corrected chi connectivity index (χ1v) is 5.21. The van der Waals surface area contributed by atoms with Crippen molar-refractivity contribution in [3.05, 3.63) is 28.7 Å². The number of hydrogen-bond acceptors (Lipinski definition) is 2. The fraction of sp³-hybridized carbons (Fsp3) is 0.273. The largest absolute Gasteiger partial charge is 0.326 e. The normalized spacial score (nSPS) is 10.6. The van der Waals surface area contributed by atoms with Gasteiger partial charge in [0.1, 0.15) is 0 Å². The number of benzene rings is 1. The molecule has 0 unspecified atom stereocenters. The summed E-state index contributed by atoms with van der Waals surface area (Å²) in [5.41, 5.74) is 1.88. The molecule has 16 heavy (non-hydrogen) atoms. The molecule has 0 aliphatic carbocycles. The van der Waals surface area contributed by atoms with Gasteiger partial charge in [0.2, 0.25) is 5.91 Å². The van der Waals surface area contributed by atoms with Crippen LogP contribution in [0.15, 0.2) is 23.0 Å². The van der Waals surface area contributed by atoms with Crippen LogP contribution in [0.5, 0.6) is 0 Å². The highest BCUT2D eigenvalue weighted by Crippen LogP contribution is 2.14. The Morgan fingerprint density at radius 1 is 1.31 bits per heavy atom. The van der Waals surface area contributed by atoms with Crippen LogP contribution in [0.2, 0.25) is 0 Å². The maximum Gasteiger partial charge on any atom is 0.323 e. The highest BCUT2D eigenvalue weighted by Gasteiger charge is 2.03. The van der Waals surface area contributed by atoms with E-state index in [1.165, 1.54) is 0 Å². The highest BCUT2D eigenvalue weighted by atomic mass is 16.1. The molecule has 0 radical (unpaired) electrons. The first kappa shape index (κ1) is 10.5. The SMILES string of the molecule is CCCC(=O)Nc1ccc2[nH]c(=O)[nH]c2c1. The number of nitrogens with one attached hydrogen (secondary N) is 3. The Kier molecular flexibility index (Phi) is 2.76. The topological polar surface area (TPSA) is 77.8 Å². The Bertz CT molecular complexity index is 568. The molecule has 0 atom stereocenters. The van der Waals surface area contributed by atoms with Gasteiger partial charge in [0.15, 0.2) is 0 Å². The number of imidazole rings is 1. The van der Waals surface area contributed by atoms with Crippen LogP contribution in [-0.4, -0.2) is 15.9 Å². The second kappa shape index (κ2) is 4.22. The minimum absolute atomic E-state index is 0.0141. The van der Waals surface area contributed by atoms with Gasteiger partial charge in [0, 0.05) is 12.1 Å².